The smallest absolute Gasteiger partial charge is 0.314 e. The van der Waals surface area contributed by atoms with Gasteiger partial charge in [0.15, 0.2) is 0 Å². The van der Waals surface area contributed by atoms with Gasteiger partial charge < -0.3 is 35.7 Å². The Morgan fingerprint density at radius 2 is 1.73 bits per heavy atom. The second-order valence-corrected chi connectivity index (χ2v) is 12.3. The summed E-state index contributed by atoms with van der Waals surface area (Å²) in [5.41, 5.74) is 14.4. The molecule has 1 heterocycles. The Morgan fingerprint density at radius 1 is 1.05 bits per heavy atom. The van der Waals surface area contributed by atoms with Crippen LogP contribution in [-0.2, 0) is 27.1 Å². The highest BCUT2D eigenvalue weighted by Crippen LogP contribution is 2.29. The number of aliphatic hydroxyl groups excluding tert-OH is 1. The molecule has 0 aliphatic carbocycles. The Bertz CT molecular complexity index is 932. The molecule has 0 aromatic heterocycles. The number of urea groups is 1. The third kappa shape index (κ3) is 11.4. The average molecular weight is 578 g/mol. The van der Waals surface area contributed by atoms with Crippen LogP contribution in [0.2, 0.25) is 0 Å². The van der Waals surface area contributed by atoms with E-state index in [1.807, 2.05) is 19.9 Å². The van der Waals surface area contributed by atoms with E-state index < -0.39 is 24.1 Å². The maximum absolute atomic E-state index is 13.1. The topological polar surface area (TPSA) is 137 Å². The van der Waals surface area contributed by atoms with Crippen molar-refractivity contribution in [2.24, 2.45) is 35.1 Å². The number of ether oxygens (including phenoxy) is 3. The van der Waals surface area contributed by atoms with Crippen molar-refractivity contribution in [3.63, 3.8) is 0 Å². The lowest BCUT2D eigenvalue weighted by atomic mass is 9.80. The number of unbranched alkanes of at least 4 members (excludes halogenated alkanes) is 1. The third-order valence-electron chi connectivity index (χ3n) is 8.54. The van der Waals surface area contributed by atoms with Crippen molar-refractivity contribution in [3.05, 3.63) is 29.3 Å². The SMILES string of the molecule is COCCCCc1cc(CC(CC(N)C(O)CC(C(=O)OC2CCN(C(N)=O)CC2)C(C)C)C(C)C)ccc1OC. The Kier molecular flexibility index (Phi) is 14.9. The number of esters is 1. The zero-order chi connectivity index (χ0) is 30.5. The van der Waals surface area contributed by atoms with Gasteiger partial charge in [0.25, 0.3) is 0 Å². The molecule has 0 bridgehead atoms. The van der Waals surface area contributed by atoms with Gasteiger partial charge in [0, 0.05) is 45.7 Å². The molecule has 1 aromatic rings. The molecule has 5 N–H and O–H groups in total. The van der Waals surface area contributed by atoms with Gasteiger partial charge in [-0.3, -0.25) is 4.79 Å². The summed E-state index contributed by atoms with van der Waals surface area (Å²) in [7, 11) is 3.43. The van der Waals surface area contributed by atoms with Gasteiger partial charge in [-0.1, -0.05) is 39.8 Å². The molecule has 41 heavy (non-hydrogen) atoms. The molecule has 0 spiro atoms. The molecule has 0 saturated carbocycles. The monoisotopic (exact) mass is 577 g/mol. The first-order valence-corrected chi connectivity index (χ1v) is 15.3. The second-order valence-electron chi connectivity index (χ2n) is 12.3. The molecule has 4 atom stereocenters. The molecule has 234 valence electrons. The van der Waals surface area contributed by atoms with Crippen molar-refractivity contribution in [2.75, 3.05) is 33.9 Å². The van der Waals surface area contributed by atoms with Crippen LogP contribution in [-0.4, -0.2) is 74.2 Å². The standard InChI is InChI=1S/C32H55N3O6/c1-21(2)25(18-23-10-11-30(40-6)24(17-23)9-7-8-16-39-5)19-28(33)29(36)20-27(22(3)4)31(37)41-26-12-14-35(15-13-26)32(34)38/h10-11,17,21-22,25-29,36H,7-9,12-16,18-20,33H2,1-6H3,(H2,34,38). The number of piperidine rings is 1. The quantitative estimate of drug-likeness (QED) is 0.185. The third-order valence-corrected chi connectivity index (χ3v) is 8.54. The van der Waals surface area contributed by atoms with Gasteiger partial charge in [-0.25, -0.2) is 4.79 Å². The van der Waals surface area contributed by atoms with E-state index in [0.717, 1.165) is 38.0 Å². The van der Waals surface area contributed by atoms with Crippen molar-refractivity contribution in [1.29, 1.82) is 0 Å². The molecular formula is C32H55N3O6. The van der Waals surface area contributed by atoms with Crippen molar-refractivity contribution < 1.29 is 28.9 Å². The molecule has 0 radical (unpaired) electrons. The highest BCUT2D eigenvalue weighted by Gasteiger charge is 2.33. The Morgan fingerprint density at radius 3 is 2.29 bits per heavy atom. The number of nitrogens with zero attached hydrogens (tertiary/aromatic N) is 1. The molecule has 2 amide bonds. The molecule has 1 aliphatic rings. The van der Waals surface area contributed by atoms with E-state index in [0.29, 0.717) is 38.3 Å². The number of carbonyl (C=O) groups is 2. The summed E-state index contributed by atoms with van der Waals surface area (Å²) < 4.78 is 16.6. The lowest BCUT2D eigenvalue weighted by Crippen LogP contribution is -2.45. The summed E-state index contributed by atoms with van der Waals surface area (Å²) >= 11 is 0. The Balaban J connectivity index is 1.98. The number of rotatable bonds is 17. The van der Waals surface area contributed by atoms with Crippen LogP contribution in [0, 0.1) is 23.7 Å². The van der Waals surface area contributed by atoms with Crippen LogP contribution in [0.4, 0.5) is 4.79 Å². The number of amides is 2. The predicted octanol–water partition coefficient (Wildman–Crippen LogP) is 4.31. The van der Waals surface area contributed by atoms with E-state index in [4.69, 9.17) is 25.7 Å². The van der Waals surface area contributed by atoms with Gasteiger partial charge in [0.1, 0.15) is 11.9 Å². The molecule has 4 unspecified atom stereocenters. The fourth-order valence-electron chi connectivity index (χ4n) is 5.64. The van der Waals surface area contributed by atoms with E-state index in [1.165, 1.54) is 11.1 Å². The van der Waals surface area contributed by atoms with Gasteiger partial charge >= 0.3 is 12.0 Å². The van der Waals surface area contributed by atoms with Gasteiger partial charge in [-0.2, -0.15) is 0 Å². The largest absolute Gasteiger partial charge is 0.496 e. The van der Waals surface area contributed by atoms with Crippen LogP contribution in [0.15, 0.2) is 18.2 Å². The fourth-order valence-corrected chi connectivity index (χ4v) is 5.64. The highest BCUT2D eigenvalue weighted by atomic mass is 16.5. The lowest BCUT2D eigenvalue weighted by Gasteiger charge is -2.33. The first kappa shape index (κ1) is 34.8. The average Bonchev–Trinajstić information content (AvgIpc) is 2.93. The van der Waals surface area contributed by atoms with Crippen LogP contribution in [0.25, 0.3) is 0 Å². The van der Waals surface area contributed by atoms with Crippen LogP contribution < -0.4 is 16.2 Å². The number of hydrogen-bond acceptors (Lipinski definition) is 7. The fraction of sp³-hybridized carbons (Fsp3) is 0.750. The van der Waals surface area contributed by atoms with E-state index >= 15 is 0 Å². The zero-order valence-electron chi connectivity index (χ0n) is 26.1. The molecule has 1 aromatic carbocycles. The number of primary amides is 1. The summed E-state index contributed by atoms with van der Waals surface area (Å²) in [5, 5.41) is 11.1. The summed E-state index contributed by atoms with van der Waals surface area (Å²) in [6, 6.07) is 5.50. The number of carbonyl (C=O) groups excluding carboxylic acids is 2. The maximum atomic E-state index is 13.1. The van der Waals surface area contributed by atoms with E-state index in [-0.39, 0.29) is 30.3 Å². The van der Waals surface area contributed by atoms with Crippen LogP contribution >= 0.6 is 0 Å². The summed E-state index contributed by atoms with van der Waals surface area (Å²) in [4.78, 5) is 26.0. The number of nitrogens with two attached hydrogens (primary N) is 2. The number of likely N-dealkylation sites (tertiary alicyclic amines) is 1. The molecule has 9 nitrogen and oxygen atoms in total. The first-order valence-electron chi connectivity index (χ1n) is 15.3. The number of aryl methyl sites for hydroxylation is 1. The molecule has 9 heteroatoms. The number of methoxy groups -OCH3 is 2. The van der Waals surface area contributed by atoms with E-state index in [9.17, 15) is 14.7 Å². The van der Waals surface area contributed by atoms with Gasteiger partial charge in [-0.05, 0) is 73.5 Å². The van der Waals surface area contributed by atoms with E-state index in [1.54, 1.807) is 19.1 Å². The molecular weight excluding hydrogens is 522 g/mol. The molecule has 2 rings (SSSR count). The lowest BCUT2D eigenvalue weighted by molar-refractivity contribution is -0.159. The number of benzene rings is 1. The minimum atomic E-state index is -0.819. The Labute approximate surface area is 247 Å². The number of hydrogen-bond donors (Lipinski definition) is 3. The van der Waals surface area contributed by atoms with Crippen LogP contribution in [0.3, 0.4) is 0 Å². The zero-order valence-corrected chi connectivity index (χ0v) is 26.1. The van der Waals surface area contributed by atoms with Gasteiger partial charge in [0.05, 0.1) is 19.1 Å². The van der Waals surface area contributed by atoms with Crippen molar-refractivity contribution in [2.45, 2.75) is 97.3 Å². The van der Waals surface area contributed by atoms with Crippen molar-refractivity contribution in [1.82, 2.24) is 4.90 Å². The minimum absolute atomic E-state index is 0.00226. The van der Waals surface area contributed by atoms with Crippen molar-refractivity contribution >= 4 is 12.0 Å². The first-order chi connectivity index (χ1) is 19.5. The highest BCUT2D eigenvalue weighted by molar-refractivity contribution is 5.73. The predicted molar refractivity (Wildman–Crippen MR) is 162 cm³/mol. The van der Waals surface area contributed by atoms with Crippen LogP contribution in [0.1, 0.15) is 77.3 Å². The summed E-state index contributed by atoms with van der Waals surface area (Å²) in [5.74, 6) is 0.791. The van der Waals surface area contributed by atoms with E-state index in [2.05, 4.69) is 26.0 Å². The van der Waals surface area contributed by atoms with Gasteiger partial charge in [0.2, 0.25) is 0 Å². The van der Waals surface area contributed by atoms with Crippen LogP contribution in [0.5, 0.6) is 5.75 Å². The summed E-state index contributed by atoms with van der Waals surface area (Å²) in [6.45, 7) is 10.0. The second kappa shape index (κ2) is 17.6. The molecule has 1 fully saturated rings. The summed E-state index contributed by atoms with van der Waals surface area (Å²) in [6.07, 6.45) is 4.81. The van der Waals surface area contributed by atoms with Crippen molar-refractivity contribution in [3.8, 4) is 5.75 Å². The molecule has 1 aliphatic heterocycles. The normalized spacial score (nSPS) is 17.4. The maximum Gasteiger partial charge on any atom is 0.314 e. The Hall–Kier alpha value is -2.36. The molecule has 1 saturated heterocycles. The number of aliphatic hydroxyl groups is 1. The minimum Gasteiger partial charge on any atom is -0.496 e. The van der Waals surface area contributed by atoms with Gasteiger partial charge in [-0.15, -0.1) is 0 Å².